The van der Waals surface area contributed by atoms with Crippen LogP contribution in [0.15, 0.2) is 53.4 Å². The van der Waals surface area contributed by atoms with Crippen molar-refractivity contribution in [3.8, 4) is 0 Å². The van der Waals surface area contributed by atoms with E-state index in [1.54, 1.807) is 22.5 Å². The standard InChI is InChI=1S/C23H28N4O3S/c1-2-27-21-13-6-5-12-20(21)25-22(27)17-24-23(28)18-10-9-11-19(16-18)31(29,30)26-14-7-3-4-8-15-26/h5-6,9-13,16H,2-4,7-8,14-15,17H2,1H3,(H,24,28). The fourth-order valence-corrected chi connectivity index (χ4v) is 5.67. The molecule has 1 aliphatic heterocycles. The van der Waals surface area contributed by atoms with Crippen LogP contribution in [-0.2, 0) is 23.1 Å². The first kappa shape index (κ1) is 21.5. The molecule has 1 aromatic heterocycles. The largest absolute Gasteiger partial charge is 0.345 e. The van der Waals surface area contributed by atoms with Crippen molar-refractivity contribution in [2.45, 2.75) is 50.6 Å². The van der Waals surface area contributed by atoms with Crippen LogP contribution in [0.5, 0.6) is 0 Å². The lowest BCUT2D eigenvalue weighted by molar-refractivity contribution is 0.0949. The van der Waals surface area contributed by atoms with Gasteiger partial charge in [0.2, 0.25) is 10.0 Å². The molecule has 1 N–H and O–H groups in total. The average Bonchev–Trinajstić information content (AvgIpc) is 2.94. The number of aryl methyl sites for hydroxylation is 1. The molecule has 31 heavy (non-hydrogen) atoms. The molecule has 0 spiro atoms. The van der Waals surface area contributed by atoms with E-state index in [1.807, 2.05) is 31.2 Å². The van der Waals surface area contributed by atoms with Crippen molar-refractivity contribution in [3.05, 3.63) is 59.9 Å². The molecule has 1 saturated heterocycles. The third kappa shape index (κ3) is 4.50. The van der Waals surface area contributed by atoms with E-state index in [0.29, 0.717) is 18.7 Å². The molecule has 1 aliphatic rings. The minimum atomic E-state index is -3.60. The number of aromatic nitrogens is 2. The SMILES string of the molecule is CCn1c(CNC(=O)c2cccc(S(=O)(=O)N3CCCCCC3)c2)nc2ccccc21. The van der Waals surface area contributed by atoms with Crippen molar-refractivity contribution in [3.63, 3.8) is 0 Å². The number of hydrogen-bond donors (Lipinski definition) is 1. The van der Waals surface area contributed by atoms with Gasteiger partial charge >= 0.3 is 0 Å². The van der Waals surface area contributed by atoms with E-state index >= 15 is 0 Å². The van der Waals surface area contributed by atoms with Gasteiger partial charge in [-0.1, -0.05) is 31.0 Å². The second-order valence-corrected chi connectivity index (χ2v) is 9.73. The van der Waals surface area contributed by atoms with Gasteiger partial charge in [0.15, 0.2) is 0 Å². The number of imidazole rings is 1. The number of rotatable bonds is 6. The summed E-state index contributed by atoms with van der Waals surface area (Å²) in [7, 11) is -3.60. The van der Waals surface area contributed by atoms with Gasteiger partial charge in [-0.3, -0.25) is 4.79 Å². The van der Waals surface area contributed by atoms with Crippen LogP contribution in [0.1, 0.15) is 48.8 Å². The molecule has 0 radical (unpaired) electrons. The summed E-state index contributed by atoms with van der Waals surface area (Å²) in [6, 6.07) is 14.2. The lowest BCUT2D eigenvalue weighted by Crippen LogP contribution is -2.32. The highest BCUT2D eigenvalue weighted by atomic mass is 32.2. The molecule has 0 aliphatic carbocycles. The van der Waals surface area contributed by atoms with E-state index in [9.17, 15) is 13.2 Å². The summed E-state index contributed by atoms with van der Waals surface area (Å²) >= 11 is 0. The van der Waals surface area contributed by atoms with Gasteiger partial charge in [0.1, 0.15) is 5.82 Å². The number of fused-ring (bicyclic) bond motifs is 1. The number of nitrogens with zero attached hydrogens (tertiary/aromatic N) is 3. The highest BCUT2D eigenvalue weighted by molar-refractivity contribution is 7.89. The number of carbonyl (C=O) groups excluding carboxylic acids is 1. The predicted octanol–water partition coefficient (Wildman–Crippen LogP) is 3.55. The Hall–Kier alpha value is -2.71. The Labute approximate surface area is 183 Å². The van der Waals surface area contributed by atoms with Crippen molar-refractivity contribution in [1.82, 2.24) is 19.2 Å². The van der Waals surface area contributed by atoms with Crippen molar-refractivity contribution in [1.29, 1.82) is 0 Å². The Morgan fingerprint density at radius 3 is 2.52 bits per heavy atom. The van der Waals surface area contributed by atoms with Crippen LogP contribution in [0, 0.1) is 0 Å². The van der Waals surface area contributed by atoms with Crippen LogP contribution < -0.4 is 5.32 Å². The fourth-order valence-electron chi connectivity index (χ4n) is 4.10. The van der Waals surface area contributed by atoms with Gasteiger partial charge in [-0.25, -0.2) is 13.4 Å². The number of sulfonamides is 1. The summed E-state index contributed by atoms with van der Waals surface area (Å²) in [5.41, 5.74) is 2.24. The first-order chi connectivity index (χ1) is 15.0. The molecule has 4 rings (SSSR count). The molecule has 1 amide bonds. The van der Waals surface area contributed by atoms with Crippen LogP contribution in [-0.4, -0.2) is 41.3 Å². The van der Waals surface area contributed by atoms with Crippen molar-refractivity contribution in [2.75, 3.05) is 13.1 Å². The van der Waals surface area contributed by atoms with Crippen molar-refractivity contribution < 1.29 is 13.2 Å². The molecule has 7 nitrogen and oxygen atoms in total. The van der Waals surface area contributed by atoms with E-state index in [2.05, 4.69) is 14.9 Å². The summed E-state index contributed by atoms with van der Waals surface area (Å²) in [5, 5.41) is 2.89. The third-order valence-electron chi connectivity index (χ3n) is 5.76. The van der Waals surface area contributed by atoms with E-state index in [4.69, 9.17) is 0 Å². The van der Waals surface area contributed by atoms with Gasteiger partial charge < -0.3 is 9.88 Å². The van der Waals surface area contributed by atoms with Crippen LogP contribution >= 0.6 is 0 Å². The quantitative estimate of drug-likeness (QED) is 0.635. The third-order valence-corrected chi connectivity index (χ3v) is 7.65. The lowest BCUT2D eigenvalue weighted by Gasteiger charge is -2.20. The fraction of sp³-hybridized carbons (Fsp3) is 0.391. The average molecular weight is 441 g/mol. The molecule has 2 heterocycles. The first-order valence-electron chi connectivity index (χ1n) is 10.8. The van der Waals surface area contributed by atoms with Gasteiger partial charge in [0.05, 0.1) is 22.5 Å². The Kier molecular flexibility index (Phi) is 6.38. The van der Waals surface area contributed by atoms with Crippen molar-refractivity contribution >= 4 is 27.0 Å². The topological polar surface area (TPSA) is 84.3 Å². The zero-order chi connectivity index (χ0) is 21.8. The maximum atomic E-state index is 13.1. The molecule has 3 aromatic rings. The predicted molar refractivity (Wildman–Crippen MR) is 120 cm³/mol. The molecule has 164 valence electrons. The highest BCUT2D eigenvalue weighted by Gasteiger charge is 2.25. The Balaban J connectivity index is 1.51. The Bertz CT molecular complexity index is 1180. The normalized spacial score (nSPS) is 15.6. The van der Waals surface area contributed by atoms with E-state index < -0.39 is 10.0 Å². The molecule has 2 aromatic carbocycles. The van der Waals surface area contributed by atoms with E-state index in [0.717, 1.165) is 49.1 Å². The van der Waals surface area contributed by atoms with Gasteiger partial charge in [0.25, 0.3) is 5.91 Å². The number of benzene rings is 2. The molecule has 0 saturated carbocycles. The van der Waals surface area contributed by atoms with E-state index in [-0.39, 0.29) is 17.3 Å². The number of nitrogens with one attached hydrogen (secondary N) is 1. The summed E-state index contributed by atoms with van der Waals surface area (Å²) in [5.74, 6) is 0.452. The maximum absolute atomic E-state index is 13.1. The summed E-state index contributed by atoms with van der Waals surface area (Å²) < 4.78 is 29.7. The highest BCUT2D eigenvalue weighted by Crippen LogP contribution is 2.21. The van der Waals surface area contributed by atoms with Gasteiger partial charge in [-0.15, -0.1) is 0 Å². The van der Waals surface area contributed by atoms with Crippen LogP contribution in [0.25, 0.3) is 11.0 Å². The second kappa shape index (κ2) is 9.20. The number of para-hydroxylation sites is 2. The lowest BCUT2D eigenvalue weighted by atomic mass is 10.2. The Morgan fingerprint density at radius 2 is 1.77 bits per heavy atom. The summed E-state index contributed by atoms with van der Waals surface area (Å²) in [6.07, 6.45) is 3.85. The summed E-state index contributed by atoms with van der Waals surface area (Å²) in [6.45, 7) is 4.12. The minimum absolute atomic E-state index is 0.169. The van der Waals surface area contributed by atoms with Gasteiger partial charge in [-0.05, 0) is 50.1 Å². The number of carbonyl (C=O) groups is 1. The molecular weight excluding hydrogens is 412 g/mol. The molecular formula is C23H28N4O3S. The molecule has 1 fully saturated rings. The molecule has 0 bridgehead atoms. The van der Waals surface area contributed by atoms with Crippen LogP contribution in [0.2, 0.25) is 0 Å². The van der Waals surface area contributed by atoms with Crippen molar-refractivity contribution in [2.24, 2.45) is 0 Å². The summed E-state index contributed by atoms with van der Waals surface area (Å²) in [4.78, 5) is 17.6. The minimum Gasteiger partial charge on any atom is -0.345 e. The smallest absolute Gasteiger partial charge is 0.251 e. The first-order valence-corrected chi connectivity index (χ1v) is 12.3. The monoisotopic (exact) mass is 440 g/mol. The molecule has 8 heteroatoms. The maximum Gasteiger partial charge on any atom is 0.251 e. The van der Waals surface area contributed by atoms with Crippen LogP contribution in [0.3, 0.4) is 0 Å². The Morgan fingerprint density at radius 1 is 1.03 bits per heavy atom. The zero-order valence-electron chi connectivity index (χ0n) is 17.8. The molecule has 0 unspecified atom stereocenters. The van der Waals surface area contributed by atoms with Gasteiger partial charge in [0, 0.05) is 25.2 Å². The van der Waals surface area contributed by atoms with Gasteiger partial charge in [-0.2, -0.15) is 4.31 Å². The van der Waals surface area contributed by atoms with E-state index in [1.165, 1.54) is 6.07 Å². The number of hydrogen-bond acceptors (Lipinski definition) is 4. The zero-order valence-corrected chi connectivity index (χ0v) is 18.6. The molecule has 0 atom stereocenters. The number of amides is 1. The second-order valence-electron chi connectivity index (χ2n) is 7.79. The van der Waals surface area contributed by atoms with Crippen LogP contribution in [0.4, 0.5) is 0 Å².